The Balaban J connectivity index is 1.22. The summed E-state index contributed by atoms with van der Waals surface area (Å²) >= 11 is 1.80. The maximum atomic E-state index is 12.8. The van der Waals surface area contributed by atoms with Gasteiger partial charge in [0.05, 0.1) is 35.0 Å². The van der Waals surface area contributed by atoms with Crippen LogP contribution in [0.4, 0.5) is 5.69 Å². The minimum atomic E-state index is 0.0880. The zero-order valence-corrected chi connectivity index (χ0v) is 22.4. The molecule has 1 aliphatic carbocycles. The van der Waals surface area contributed by atoms with E-state index >= 15 is 0 Å². The van der Waals surface area contributed by atoms with Gasteiger partial charge >= 0.3 is 0 Å². The second-order valence-corrected chi connectivity index (χ2v) is 11.6. The normalized spacial score (nSPS) is 14.3. The molecule has 1 aromatic carbocycles. The molecule has 0 bridgehead atoms. The summed E-state index contributed by atoms with van der Waals surface area (Å²) in [5.74, 6) is 0.177. The van der Waals surface area contributed by atoms with Gasteiger partial charge in [-0.1, -0.05) is 31.4 Å². The summed E-state index contributed by atoms with van der Waals surface area (Å²) in [5, 5.41) is 13.0. The lowest BCUT2D eigenvalue weighted by Gasteiger charge is -2.20. The summed E-state index contributed by atoms with van der Waals surface area (Å²) in [4.78, 5) is 27.9. The maximum Gasteiger partial charge on any atom is 0.227 e. The van der Waals surface area contributed by atoms with Gasteiger partial charge in [-0.2, -0.15) is 5.10 Å². The second-order valence-electron chi connectivity index (χ2n) is 10.3. The topological polar surface area (TPSA) is 99.3 Å². The van der Waals surface area contributed by atoms with E-state index in [4.69, 9.17) is 0 Å². The molecule has 7 nitrogen and oxygen atoms in total. The van der Waals surface area contributed by atoms with Crippen LogP contribution in [0.5, 0.6) is 0 Å². The number of aromatic amines is 2. The average molecular weight is 533 g/mol. The van der Waals surface area contributed by atoms with E-state index in [1.54, 1.807) is 29.9 Å². The molecule has 0 spiro atoms. The summed E-state index contributed by atoms with van der Waals surface area (Å²) in [6, 6.07) is 16.9. The highest BCUT2D eigenvalue weighted by molar-refractivity contribution is 7.15. The van der Waals surface area contributed by atoms with Crippen LogP contribution < -0.4 is 5.32 Å². The zero-order chi connectivity index (χ0) is 26.3. The van der Waals surface area contributed by atoms with Crippen molar-refractivity contribution in [1.82, 2.24) is 25.1 Å². The molecule has 3 N–H and O–H groups in total. The Morgan fingerprint density at radius 2 is 1.87 bits per heavy atom. The van der Waals surface area contributed by atoms with Crippen LogP contribution in [-0.4, -0.2) is 31.1 Å². The number of rotatable bonds is 5. The predicted octanol–water partition coefficient (Wildman–Crippen LogP) is 7.72. The number of nitrogens with zero attached hydrogens (tertiary/aromatic N) is 3. The van der Waals surface area contributed by atoms with E-state index in [-0.39, 0.29) is 11.8 Å². The molecule has 6 aromatic rings. The molecule has 0 atom stereocenters. The van der Waals surface area contributed by atoms with Crippen molar-refractivity contribution in [1.29, 1.82) is 0 Å². The number of aryl methyl sites for hydroxylation is 1. The summed E-state index contributed by atoms with van der Waals surface area (Å²) < 4.78 is 0. The van der Waals surface area contributed by atoms with Crippen LogP contribution in [0.25, 0.3) is 54.9 Å². The Labute approximate surface area is 229 Å². The summed E-state index contributed by atoms with van der Waals surface area (Å²) in [5.41, 5.74) is 7.25. The van der Waals surface area contributed by atoms with Crippen LogP contribution in [0.1, 0.15) is 37.0 Å². The molecule has 5 aromatic heterocycles. The molecule has 0 radical (unpaired) electrons. The molecule has 0 saturated heterocycles. The smallest absolute Gasteiger partial charge is 0.227 e. The lowest BCUT2D eigenvalue weighted by Crippen LogP contribution is -2.24. The van der Waals surface area contributed by atoms with Gasteiger partial charge in [0.25, 0.3) is 0 Å². The minimum Gasteiger partial charge on any atom is -0.353 e. The molecular weight excluding hydrogens is 504 g/mol. The first-order valence-corrected chi connectivity index (χ1v) is 14.2. The van der Waals surface area contributed by atoms with Gasteiger partial charge in [-0.25, -0.2) is 0 Å². The highest BCUT2D eigenvalue weighted by Crippen LogP contribution is 2.37. The van der Waals surface area contributed by atoms with E-state index in [9.17, 15) is 4.79 Å². The number of amides is 1. The van der Waals surface area contributed by atoms with Gasteiger partial charge in [-0.15, -0.1) is 11.3 Å². The van der Waals surface area contributed by atoms with E-state index in [1.165, 1.54) is 27.1 Å². The molecule has 7 rings (SSSR count). The van der Waals surface area contributed by atoms with E-state index in [0.717, 1.165) is 64.7 Å². The van der Waals surface area contributed by atoms with Gasteiger partial charge in [0.15, 0.2) is 0 Å². The number of aromatic nitrogens is 5. The van der Waals surface area contributed by atoms with Crippen molar-refractivity contribution < 1.29 is 4.79 Å². The molecule has 194 valence electrons. The molecule has 0 aliphatic heterocycles. The first-order valence-electron chi connectivity index (χ1n) is 13.4. The highest BCUT2D eigenvalue weighted by Gasteiger charge is 2.21. The van der Waals surface area contributed by atoms with Crippen molar-refractivity contribution in [2.45, 2.75) is 39.0 Å². The number of fused-ring (bicyclic) bond motifs is 2. The van der Waals surface area contributed by atoms with Crippen molar-refractivity contribution in [3.05, 3.63) is 72.0 Å². The van der Waals surface area contributed by atoms with Crippen LogP contribution in [0.15, 0.2) is 67.1 Å². The molecule has 0 unspecified atom stereocenters. The number of carbonyl (C=O) groups excluding carboxylic acids is 1. The Bertz CT molecular complexity index is 1820. The number of carbonyl (C=O) groups is 1. The third-order valence-corrected chi connectivity index (χ3v) is 8.68. The molecule has 1 fully saturated rings. The quantitative estimate of drug-likeness (QED) is 0.212. The van der Waals surface area contributed by atoms with Crippen molar-refractivity contribution >= 4 is 44.7 Å². The van der Waals surface area contributed by atoms with Crippen LogP contribution in [0.3, 0.4) is 0 Å². The van der Waals surface area contributed by atoms with Crippen molar-refractivity contribution in [3.63, 3.8) is 0 Å². The summed E-state index contributed by atoms with van der Waals surface area (Å²) in [6.45, 7) is 2.13. The molecular formula is C31H28N6OS. The van der Waals surface area contributed by atoms with Gasteiger partial charge in [-0.3, -0.25) is 19.9 Å². The number of H-pyrrole nitrogens is 2. The number of hydrogen-bond donors (Lipinski definition) is 3. The maximum absolute atomic E-state index is 12.8. The number of pyridine rings is 2. The van der Waals surface area contributed by atoms with Gasteiger partial charge in [0.2, 0.25) is 5.91 Å². The number of anilines is 1. The first kappa shape index (κ1) is 23.8. The SMILES string of the molecule is Cc1ccc(-c2cccc3[nH]c(-c4n[nH]c5cnc(-c6cncc(NC(=O)C7CCCCC7)c6)cc45)cc23)s1. The molecule has 1 amide bonds. The van der Waals surface area contributed by atoms with E-state index < -0.39 is 0 Å². The predicted molar refractivity (Wildman–Crippen MR) is 158 cm³/mol. The molecule has 39 heavy (non-hydrogen) atoms. The summed E-state index contributed by atoms with van der Waals surface area (Å²) in [6.07, 6.45) is 10.7. The van der Waals surface area contributed by atoms with Gasteiger partial charge in [0.1, 0.15) is 5.69 Å². The average Bonchev–Trinajstić information content (AvgIpc) is 3.71. The monoisotopic (exact) mass is 532 g/mol. The Morgan fingerprint density at radius 3 is 2.72 bits per heavy atom. The van der Waals surface area contributed by atoms with Gasteiger partial charge < -0.3 is 10.3 Å². The largest absolute Gasteiger partial charge is 0.353 e. The molecule has 1 saturated carbocycles. The fraction of sp³-hybridized carbons (Fsp3) is 0.226. The fourth-order valence-electron chi connectivity index (χ4n) is 5.61. The van der Waals surface area contributed by atoms with Crippen molar-refractivity contribution in [2.24, 2.45) is 5.92 Å². The third kappa shape index (κ3) is 4.51. The van der Waals surface area contributed by atoms with E-state index in [2.05, 4.69) is 73.8 Å². The number of benzene rings is 1. The van der Waals surface area contributed by atoms with Crippen molar-refractivity contribution in [2.75, 3.05) is 5.32 Å². The highest BCUT2D eigenvalue weighted by atomic mass is 32.1. The lowest BCUT2D eigenvalue weighted by molar-refractivity contribution is -0.120. The molecule has 8 heteroatoms. The number of hydrogen-bond acceptors (Lipinski definition) is 5. The van der Waals surface area contributed by atoms with Crippen LogP contribution in [0.2, 0.25) is 0 Å². The second kappa shape index (κ2) is 9.78. The van der Waals surface area contributed by atoms with E-state index in [0.29, 0.717) is 5.69 Å². The van der Waals surface area contributed by atoms with E-state index in [1.807, 2.05) is 12.1 Å². The van der Waals surface area contributed by atoms with Crippen LogP contribution in [-0.2, 0) is 4.79 Å². The minimum absolute atomic E-state index is 0.0880. The number of nitrogens with one attached hydrogen (secondary N) is 3. The van der Waals surface area contributed by atoms with Gasteiger partial charge in [-0.05, 0) is 56.2 Å². The lowest BCUT2D eigenvalue weighted by atomic mass is 9.88. The third-order valence-electron chi connectivity index (χ3n) is 7.65. The molecule has 5 heterocycles. The van der Waals surface area contributed by atoms with Crippen LogP contribution >= 0.6 is 11.3 Å². The van der Waals surface area contributed by atoms with Gasteiger partial charge in [0, 0.05) is 49.3 Å². The zero-order valence-electron chi connectivity index (χ0n) is 21.6. The summed E-state index contributed by atoms with van der Waals surface area (Å²) in [7, 11) is 0. The van der Waals surface area contributed by atoms with Crippen molar-refractivity contribution in [3.8, 4) is 33.1 Å². The standard InChI is InChI=1S/C31H28N6OS/c1-18-10-11-29(39-18)22-8-5-9-25-23(22)13-27(35-25)30-24-14-26(33-17-28(24)36-37-30)20-12-21(16-32-15-20)34-31(38)19-6-3-2-4-7-19/h5,8-17,19,35H,2-4,6-7H2,1H3,(H,34,38)(H,36,37). The first-order chi connectivity index (χ1) is 19.1. The van der Waals surface area contributed by atoms with Crippen LogP contribution in [0, 0.1) is 12.8 Å². The number of thiophene rings is 1. The molecule has 1 aliphatic rings. The Hall–Kier alpha value is -4.30. The Morgan fingerprint density at radius 1 is 0.974 bits per heavy atom. The Kier molecular flexibility index (Phi) is 5.97. The fourth-order valence-corrected chi connectivity index (χ4v) is 6.52.